The van der Waals surface area contributed by atoms with E-state index in [4.69, 9.17) is 4.74 Å². The highest BCUT2D eigenvalue weighted by molar-refractivity contribution is 6.43. The summed E-state index contributed by atoms with van der Waals surface area (Å²) in [5.41, 5.74) is 2.05. The number of fused-ring (bicyclic) bond motifs is 1. The van der Waals surface area contributed by atoms with Gasteiger partial charge in [-0.25, -0.2) is 4.79 Å². The maximum atomic E-state index is 12.7. The second kappa shape index (κ2) is 9.33. The number of rotatable bonds is 7. The maximum absolute atomic E-state index is 12.7. The number of H-pyrrole nitrogens is 1. The molecule has 2 heterocycles. The van der Waals surface area contributed by atoms with Gasteiger partial charge >= 0.3 is 5.97 Å². The Bertz CT molecular complexity index is 1200. The Morgan fingerprint density at radius 2 is 1.79 bits per heavy atom. The number of carbonyl (C=O) groups excluding carboxylic acids is 2. The number of amides is 1. The van der Waals surface area contributed by atoms with Crippen molar-refractivity contribution in [2.45, 2.75) is 6.54 Å². The molecule has 1 aromatic heterocycles. The van der Waals surface area contributed by atoms with Crippen LogP contribution in [0, 0.1) is 0 Å². The van der Waals surface area contributed by atoms with Gasteiger partial charge in [0.2, 0.25) is 0 Å². The standard InChI is InChI=1S/C24H26N4O5/c1-25-23(30)17-12-16-18(13-19(17)33-2)26-22(20(16)21(29)24(31)32)28-10-8-27(9-11-28)14-15-6-4-3-5-7-15/h3-7,12-13,26H,8-11,14H2,1-2H3,(H,25,30)(H,31,32). The van der Waals surface area contributed by atoms with Crippen LogP contribution in [-0.2, 0) is 11.3 Å². The average molecular weight is 450 g/mol. The van der Waals surface area contributed by atoms with E-state index in [-0.39, 0.29) is 17.0 Å². The van der Waals surface area contributed by atoms with Crippen molar-refractivity contribution < 1.29 is 24.2 Å². The lowest BCUT2D eigenvalue weighted by Crippen LogP contribution is -2.46. The van der Waals surface area contributed by atoms with Crippen LogP contribution in [0.5, 0.6) is 5.75 Å². The topological polar surface area (TPSA) is 115 Å². The zero-order chi connectivity index (χ0) is 23.5. The van der Waals surface area contributed by atoms with Crippen LogP contribution in [0.2, 0.25) is 0 Å². The van der Waals surface area contributed by atoms with Crippen molar-refractivity contribution in [3.63, 3.8) is 0 Å². The van der Waals surface area contributed by atoms with Crippen LogP contribution in [0.4, 0.5) is 5.82 Å². The zero-order valence-electron chi connectivity index (χ0n) is 18.6. The molecule has 3 N–H and O–H groups in total. The smallest absolute Gasteiger partial charge is 0.377 e. The van der Waals surface area contributed by atoms with Crippen LogP contribution in [0.1, 0.15) is 26.3 Å². The molecule has 33 heavy (non-hydrogen) atoms. The third kappa shape index (κ3) is 4.40. The molecule has 0 atom stereocenters. The molecule has 1 amide bonds. The second-order valence-corrected chi connectivity index (χ2v) is 7.91. The SMILES string of the molecule is CNC(=O)c1cc2c(C(=O)C(=O)O)c(N3CCN(Cc4ccccc4)CC3)[nH]c2cc1OC. The number of anilines is 1. The molecule has 0 radical (unpaired) electrons. The van der Waals surface area contributed by atoms with Crippen molar-refractivity contribution in [1.82, 2.24) is 15.2 Å². The number of nitrogens with one attached hydrogen (secondary N) is 2. The number of Topliss-reactive ketones (excluding diaryl/α,β-unsaturated/α-hetero) is 1. The van der Waals surface area contributed by atoms with Crippen LogP contribution in [0.15, 0.2) is 42.5 Å². The van der Waals surface area contributed by atoms with E-state index in [0.29, 0.717) is 35.6 Å². The third-order valence-corrected chi connectivity index (χ3v) is 5.93. The van der Waals surface area contributed by atoms with Crippen LogP contribution in [-0.4, -0.2) is 73.0 Å². The first kappa shape index (κ1) is 22.3. The van der Waals surface area contributed by atoms with Crippen molar-refractivity contribution in [2.24, 2.45) is 0 Å². The number of hydrogen-bond donors (Lipinski definition) is 3. The van der Waals surface area contributed by atoms with Gasteiger partial charge in [0.15, 0.2) is 0 Å². The minimum absolute atomic E-state index is 0.0572. The van der Waals surface area contributed by atoms with Crippen LogP contribution >= 0.6 is 0 Å². The Labute approximate surface area is 190 Å². The molecule has 172 valence electrons. The number of piperazine rings is 1. The fourth-order valence-electron chi connectivity index (χ4n) is 4.23. The van der Waals surface area contributed by atoms with Gasteiger partial charge in [0, 0.05) is 51.2 Å². The number of nitrogens with zero attached hydrogens (tertiary/aromatic N) is 2. The fraction of sp³-hybridized carbons (Fsp3) is 0.292. The third-order valence-electron chi connectivity index (χ3n) is 5.93. The summed E-state index contributed by atoms with van der Waals surface area (Å²) in [6.07, 6.45) is 0. The van der Waals surface area contributed by atoms with Crippen molar-refractivity contribution in [3.05, 3.63) is 59.2 Å². The Hall–Kier alpha value is -3.85. The highest BCUT2D eigenvalue weighted by Crippen LogP contribution is 2.34. The quantitative estimate of drug-likeness (QED) is 0.373. The van der Waals surface area contributed by atoms with Gasteiger partial charge in [-0.15, -0.1) is 0 Å². The first-order valence-electron chi connectivity index (χ1n) is 10.7. The molecule has 2 aromatic carbocycles. The largest absolute Gasteiger partial charge is 0.496 e. The number of ketones is 1. The second-order valence-electron chi connectivity index (χ2n) is 7.91. The first-order chi connectivity index (χ1) is 15.9. The lowest BCUT2D eigenvalue weighted by Gasteiger charge is -2.35. The van der Waals surface area contributed by atoms with Crippen LogP contribution in [0.3, 0.4) is 0 Å². The highest BCUT2D eigenvalue weighted by Gasteiger charge is 2.30. The zero-order valence-corrected chi connectivity index (χ0v) is 18.6. The predicted octanol–water partition coefficient (Wildman–Crippen LogP) is 2.13. The molecule has 1 fully saturated rings. The normalized spacial score (nSPS) is 14.3. The number of ether oxygens (including phenoxy) is 1. The van der Waals surface area contributed by atoms with E-state index in [9.17, 15) is 19.5 Å². The molecule has 0 unspecified atom stereocenters. The van der Waals surface area contributed by atoms with Crippen molar-refractivity contribution in [3.8, 4) is 5.75 Å². The molecule has 0 spiro atoms. The van der Waals surface area contributed by atoms with Gasteiger partial charge in [-0.3, -0.25) is 14.5 Å². The molecule has 0 bridgehead atoms. The Kier molecular flexibility index (Phi) is 6.32. The molecule has 3 aromatic rings. The molecule has 9 heteroatoms. The number of carboxylic acids is 1. The van der Waals surface area contributed by atoms with E-state index in [2.05, 4.69) is 27.3 Å². The number of aromatic nitrogens is 1. The average Bonchev–Trinajstić information content (AvgIpc) is 3.21. The van der Waals surface area contributed by atoms with Gasteiger partial charge in [-0.05, 0) is 11.6 Å². The summed E-state index contributed by atoms with van der Waals surface area (Å²) < 4.78 is 5.35. The van der Waals surface area contributed by atoms with E-state index in [1.54, 1.807) is 6.07 Å². The minimum Gasteiger partial charge on any atom is -0.496 e. The number of hydrogen-bond acceptors (Lipinski definition) is 6. The van der Waals surface area contributed by atoms with E-state index >= 15 is 0 Å². The monoisotopic (exact) mass is 450 g/mol. The Morgan fingerprint density at radius 1 is 1.09 bits per heavy atom. The molecule has 1 aliphatic heterocycles. The maximum Gasteiger partial charge on any atom is 0.377 e. The number of benzene rings is 2. The van der Waals surface area contributed by atoms with E-state index < -0.39 is 11.8 Å². The molecular formula is C24H26N4O5. The molecule has 1 saturated heterocycles. The van der Waals surface area contributed by atoms with Crippen LogP contribution < -0.4 is 15.0 Å². The van der Waals surface area contributed by atoms with E-state index in [1.807, 2.05) is 23.1 Å². The Morgan fingerprint density at radius 3 is 2.39 bits per heavy atom. The molecule has 0 aliphatic carbocycles. The molecule has 0 saturated carbocycles. The van der Waals surface area contributed by atoms with Gasteiger partial charge in [-0.1, -0.05) is 30.3 Å². The lowest BCUT2D eigenvalue weighted by atomic mass is 10.0. The molecule has 1 aliphatic rings. The van der Waals surface area contributed by atoms with Crippen molar-refractivity contribution in [2.75, 3.05) is 45.2 Å². The molecule has 9 nitrogen and oxygen atoms in total. The van der Waals surface area contributed by atoms with E-state index in [0.717, 1.165) is 19.6 Å². The van der Waals surface area contributed by atoms with Gasteiger partial charge in [-0.2, -0.15) is 0 Å². The number of carboxylic acid groups (broad SMARTS) is 1. The summed E-state index contributed by atoms with van der Waals surface area (Å²) >= 11 is 0. The molecular weight excluding hydrogens is 424 g/mol. The van der Waals surface area contributed by atoms with Gasteiger partial charge < -0.3 is 25.0 Å². The summed E-state index contributed by atoms with van der Waals surface area (Å²) in [4.78, 5) is 44.2. The van der Waals surface area contributed by atoms with E-state index in [1.165, 1.54) is 25.8 Å². The summed E-state index contributed by atoms with van der Waals surface area (Å²) in [6.45, 7) is 3.60. The Balaban J connectivity index is 1.68. The summed E-state index contributed by atoms with van der Waals surface area (Å²) in [5, 5.41) is 12.4. The lowest BCUT2D eigenvalue weighted by molar-refractivity contribution is -0.131. The number of carbonyl (C=O) groups is 3. The first-order valence-corrected chi connectivity index (χ1v) is 10.7. The van der Waals surface area contributed by atoms with Crippen molar-refractivity contribution in [1.29, 1.82) is 0 Å². The number of methoxy groups -OCH3 is 1. The van der Waals surface area contributed by atoms with Gasteiger partial charge in [0.25, 0.3) is 11.7 Å². The summed E-state index contributed by atoms with van der Waals surface area (Å²) in [7, 11) is 2.94. The number of aliphatic carboxylic acids is 1. The molecule has 4 rings (SSSR count). The number of aromatic amines is 1. The fourth-order valence-corrected chi connectivity index (χ4v) is 4.23. The predicted molar refractivity (Wildman–Crippen MR) is 124 cm³/mol. The van der Waals surface area contributed by atoms with Gasteiger partial charge in [0.1, 0.15) is 11.6 Å². The minimum atomic E-state index is -1.54. The van der Waals surface area contributed by atoms with Gasteiger partial charge in [0.05, 0.1) is 23.8 Å². The van der Waals surface area contributed by atoms with Crippen molar-refractivity contribution >= 4 is 34.4 Å². The summed E-state index contributed by atoms with van der Waals surface area (Å²) in [6, 6.07) is 13.3. The van der Waals surface area contributed by atoms with Crippen LogP contribution in [0.25, 0.3) is 10.9 Å². The summed E-state index contributed by atoms with van der Waals surface area (Å²) in [5.74, 6) is -2.17. The highest BCUT2D eigenvalue weighted by atomic mass is 16.5.